The Hall–Kier alpha value is -3.09. The number of furan rings is 1. The Morgan fingerprint density at radius 2 is 1.88 bits per heavy atom. The fourth-order valence-electron chi connectivity index (χ4n) is 2.08. The molecule has 0 saturated carbocycles. The summed E-state index contributed by atoms with van der Waals surface area (Å²) in [6, 6.07) is 7.92. The van der Waals surface area contributed by atoms with Crippen LogP contribution in [0.4, 0.5) is 5.69 Å². The molecule has 1 aromatic heterocycles. The van der Waals surface area contributed by atoms with Crippen molar-refractivity contribution in [3.8, 4) is 0 Å². The van der Waals surface area contributed by atoms with Crippen LogP contribution in [0.3, 0.4) is 0 Å². The zero-order valence-electron chi connectivity index (χ0n) is 14.2. The molecule has 2 aromatic rings. The van der Waals surface area contributed by atoms with Crippen molar-refractivity contribution < 1.29 is 28.6 Å². The highest BCUT2D eigenvalue weighted by atomic mass is 16.6. The molecule has 7 nitrogen and oxygen atoms in total. The minimum atomic E-state index is -1.19. The van der Waals surface area contributed by atoms with E-state index in [2.05, 4.69) is 5.32 Å². The Morgan fingerprint density at radius 1 is 1.20 bits per heavy atom. The lowest BCUT2D eigenvalue weighted by Crippen LogP contribution is -2.25. The summed E-state index contributed by atoms with van der Waals surface area (Å²) in [5.74, 6) is -2.35. The molecule has 0 aliphatic rings. The Labute approximate surface area is 144 Å². The summed E-state index contributed by atoms with van der Waals surface area (Å²) in [6.07, 6.45) is 0.982. The zero-order valence-corrected chi connectivity index (χ0v) is 14.2. The fourth-order valence-corrected chi connectivity index (χ4v) is 2.08. The lowest BCUT2D eigenvalue weighted by molar-refractivity contribution is -0.153. The van der Waals surface area contributed by atoms with Gasteiger partial charge in [-0.2, -0.15) is 0 Å². The molecule has 0 atom stereocenters. The first kappa shape index (κ1) is 18.3. The van der Waals surface area contributed by atoms with Gasteiger partial charge in [-0.05, 0) is 32.4 Å². The number of anilines is 1. The normalized spacial score (nSPS) is 11.0. The van der Waals surface area contributed by atoms with Gasteiger partial charge in [0, 0.05) is 11.8 Å². The number of rotatable bonds is 5. The monoisotopic (exact) mass is 345 g/mol. The lowest BCUT2D eigenvalue weighted by atomic mass is 10.1. The largest absolute Gasteiger partial charge is 0.478 e. The molecule has 2 N–H and O–H groups in total. The molecule has 1 amide bonds. The van der Waals surface area contributed by atoms with Gasteiger partial charge in [0.05, 0.1) is 12.0 Å². The number of nitrogens with one attached hydrogen (secondary N) is 1. The van der Waals surface area contributed by atoms with E-state index in [0.717, 1.165) is 12.3 Å². The Bertz CT molecular complexity index is 800. The Kier molecular flexibility index (Phi) is 5.26. The summed E-state index contributed by atoms with van der Waals surface area (Å²) < 4.78 is 10.2. The molecular formula is C18H19NO6. The quantitative estimate of drug-likeness (QED) is 0.807. The first-order valence-corrected chi connectivity index (χ1v) is 7.58. The summed E-state index contributed by atoms with van der Waals surface area (Å²) in [7, 11) is 0. The minimum Gasteiger partial charge on any atom is -0.478 e. The number of carboxylic acid groups (broad SMARTS) is 1. The summed E-state index contributed by atoms with van der Waals surface area (Å²) >= 11 is 0. The molecule has 132 valence electrons. The third kappa shape index (κ3) is 5.20. The van der Waals surface area contributed by atoms with E-state index in [1.54, 1.807) is 45.0 Å². The summed E-state index contributed by atoms with van der Waals surface area (Å²) in [5.41, 5.74) is 0.283. The van der Waals surface area contributed by atoms with Crippen molar-refractivity contribution in [3.05, 3.63) is 53.5 Å². The molecule has 0 aliphatic heterocycles. The molecule has 1 heterocycles. The summed E-state index contributed by atoms with van der Waals surface area (Å²) in [5, 5.41) is 11.5. The van der Waals surface area contributed by atoms with Gasteiger partial charge in [-0.1, -0.05) is 18.2 Å². The maximum Gasteiger partial charge on any atom is 0.338 e. The van der Waals surface area contributed by atoms with Crippen LogP contribution in [0.5, 0.6) is 0 Å². The maximum absolute atomic E-state index is 12.2. The molecule has 1 aromatic carbocycles. The van der Waals surface area contributed by atoms with Crippen molar-refractivity contribution in [2.24, 2.45) is 0 Å². The number of esters is 1. The van der Waals surface area contributed by atoms with Gasteiger partial charge >= 0.3 is 11.9 Å². The fraction of sp³-hybridized carbons (Fsp3) is 0.278. The van der Waals surface area contributed by atoms with Crippen LogP contribution in [-0.4, -0.2) is 28.6 Å². The van der Waals surface area contributed by atoms with Gasteiger partial charge in [0.25, 0.3) is 5.91 Å². The van der Waals surface area contributed by atoms with Crippen molar-refractivity contribution in [3.63, 3.8) is 0 Å². The molecule has 0 unspecified atom stereocenters. The molecule has 0 radical (unpaired) electrons. The average molecular weight is 345 g/mol. The van der Waals surface area contributed by atoms with Gasteiger partial charge in [-0.15, -0.1) is 0 Å². The highest BCUT2D eigenvalue weighted by Crippen LogP contribution is 2.19. The van der Waals surface area contributed by atoms with Gasteiger partial charge in [-0.25, -0.2) is 4.79 Å². The van der Waals surface area contributed by atoms with Crippen molar-refractivity contribution in [2.75, 3.05) is 5.32 Å². The van der Waals surface area contributed by atoms with E-state index >= 15 is 0 Å². The summed E-state index contributed by atoms with van der Waals surface area (Å²) in [6.45, 7) is 5.32. The van der Waals surface area contributed by atoms with Crippen LogP contribution >= 0.6 is 0 Å². The SMILES string of the molecule is CC(C)(C)OC(=O)Cc1ccccc1NC(=O)c1cc(C(=O)O)co1. The van der Waals surface area contributed by atoms with E-state index in [0.29, 0.717) is 11.3 Å². The molecule has 0 saturated heterocycles. The van der Waals surface area contributed by atoms with Crippen LogP contribution in [0.2, 0.25) is 0 Å². The number of ether oxygens (including phenoxy) is 1. The van der Waals surface area contributed by atoms with Crippen molar-refractivity contribution in [2.45, 2.75) is 32.8 Å². The number of para-hydroxylation sites is 1. The number of carbonyl (C=O) groups is 3. The lowest BCUT2D eigenvalue weighted by Gasteiger charge is -2.20. The second-order valence-corrected chi connectivity index (χ2v) is 6.38. The van der Waals surface area contributed by atoms with E-state index in [4.69, 9.17) is 14.3 Å². The van der Waals surface area contributed by atoms with E-state index in [1.165, 1.54) is 0 Å². The molecule has 2 rings (SSSR count). The molecule has 0 fully saturated rings. The number of hydrogen-bond donors (Lipinski definition) is 2. The molecule has 0 aliphatic carbocycles. The first-order chi connectivity index (χ1) is 11.7. The predicted octanol–water partition coefficient (Wildman–Crippen LogP) is 3.11. The zero-order chi connectivity index (χ0) is 18.6. The number of amides is 1. The van der Waals surface area contributed by atoms with E-state index in [1.807, 2.05) is 0 Å². The average Bonchev–Trinajstić information content (AvgIpc) is 2.97. The third-order valence-electron chi connectivity index (χ3n) is 3.09. The Balaban J connectivity index is 2.13. The minimum absolute atomic E-state index is 0.00768. The third-order valence-corrected chi connectivity index (χ3v) is 3.09. The number of hydrogen-bond acceptors (Lipinski definition) is 5. The van der Waals surface area contributed by atoms with Crippen LogP contribution in [0.1, 0.15) is 47.2 Å². The smallest absolute Gasteiger partial charge is 0.338 e. The first-order valence-electron chi connectivity index (χ1n) is 7.58. The van der Waals surface area contributed by atoms with Crippen molar-refractivity contribution >= 4 is 23.5 Å². The Morgan fingerprint density at radius 3 is 2.48 bits per heavy atom. The molecule has 7 heteroatoms. The van der Waals surface area contributed by atoms with Gasteiger partial charge in [0.2, 0.25) is 0 Å². The van der Waals surface area contributed by atoms with Crippen LogP contribution < -0.4 is 5.32 Å². The predicted molar refractivity (Wildman–Crippen MR) is 89.6 cm³/mol. The highest BCUT2D eigenvalue weighted by Gasteiger charge is 2.19. The molecular weight excluding hydrogens is 326 g/mol. The van der Waals surface area contributed by atoms with Crippen LogP contribution in [0.25, 0.3) is 0 Å². The van der Waals surface area contributed by atoms with Crippen LogP contribution in [0.15, 0.2) is 41.0 Å². The van der Waals surface area contributed by atoms with Crippen molar-refractivity contribution in [1.82, 2.24) is 0 Å². The second kappa shape index (κ2) is 7.21. The molecule has 25 heavy (non-hydrogen) atoms. The number of carboxylic acids is 1. The van der Waals surface area contributed by atoms with Crippen molar-refractivity contribution in [1.29, 1.82) is 0 Å². The van der Waals surface area contributed by atoms with Crippen LogP contribution in [-0.2, 0) is 16.0 Å². The van der Waals surface area contributed by atoms with E-state index < -0.39 is 23.4 Å². The van der Waals surface area contributed by atoms with Gasteiger partial charge in [-0.3, -0.25) is 9.59 Å². The molecule has 0 spiro atoms. The van der Waals surface area contributed by atoms with Gasteiger partial charge in [0.15, 0.2) is 5.76 Å². The van der Waals surface area contributed by atoms with Crippen LogP contribution in [0, 0.1) is 0 Å². The number of aromatic carboxylic acids is 1. The standard InChI is InChI=1S/C18H19NO6/c1-18(2,3)25-15(20)9-11-6-4-5-7-13(11)19-16(21)14-8-12(10-24-14)17(22)23/h4-8,10H,9H2,1-3H3,(H,19,21)(H,22,23). The maximum atomic E-state index is 12.2. The van der Waals surface area contributed by atoms with E-state index in [9.17, 15) is 14.4 Å². The van der Waals surface area contributed by atoms with Gasteiger partial charge in [0.1, 0.15) is 11.9 Å². The highest BCUT2D eigenvalue weighted by molar-refractivity contribution is 6.04. The topological polar surface area (TPSA) is 106 Å². The van der Waals surface area contributed by atoms with E-state index in [-0.39, 0.29) is 17.7 Å². The van der Waals surface area contributed by atoms with Gasteiger partial charge < -0.3 is 19.6 Å². The molecule has 0 bridgehead atoms. The second-order valence-electron chi connectivity index (χ2n) is 6.38. The number of carbonyl (C=O) groups excluding carboxylic acids is 2. The summed E-state index contributed by atoms with van der Waals surface area (Å²) in [4.78, 5) is 35.0. The number of benzene rings is 1.